The molecule has 1 fully saturated rings. The molecule has 1 aromatic rings. The Labute approximate surface area is 119 Å². The van der Waals surface area contributed by atoms with E-state index in [-0.39, 0.29) is 10.6 Å². The molecule has 2 rings (SSSR count). The summed E-state index contributed by atoms with van der Waals surface area (Å²) in [5, 5.41) is 24.7. The van der Waals surface area contributed by atoms with Crippen molar-refractivity contribution in [1.29, 1.82) is 0 Å². The molecule has 0 aliphatic heterocycles. The molecule has 0 saturated heterocycles. The first-order valence-corrected chi connectivity index (χ1v) is 7.21. The second-order valence-corrected chi connectivity index (χ2v) is 5.77. The van der Waals surface area contributed by atoms with Gasteiger partial charge in [-0.2, -0.15) is 0 Å². The van der Waals surface area contributed by atoms with Crippen LogP contribution in [0.15, 0.2) is 18.2 Å². The lowest BCUT2D eigenvalue weighted by atomic mass is 9.94. The molecule has 1 aromatic carbocycles. The summed E-state index contributed by atoms with van der Waals surface area (Å²) in [6.45, 7) is 2.20. The van der Waals surface area contributed by atoms with Crippen molar-refractivity contribution in [2.24, 2.45) is 0 Å². The third-order valence-electron chi connectivity index (χ3n) is 3.99. The fourth-order valence-corrected chi connectivity index (χ4v) is 2.77. The van der Waals surface area contributed by atoms with Gasteiger partial charge in [0.15, 0.2) is 0 Å². The number of anilines is 1. The first-order valence-electron chi connectivity index (χ1n) is 7.21. The number of nitro groups is 1. The van der Waals surface area contributed by atoms with E-state index in [1.807, 2.05) is 13.0 Å². The van der Waals surface area contributed by atoms with E-state index in [2.05, 4.69) is 5.32 Å². The van der Waals surface area contributed by atoms with Crippen molar-refractivity contribution < 1.29 is 10.0 Å². The van der Waals surface area contributed by atoms with Crippen LogP contribution in [0, 0.1) is 17.0 Å². The Morgan fingerprint density at radius 3 is 2.55 bits per heavy atom. The van der Waals surface area contributed by atoms with Crippen molar-refractivity contribution in [1.82, 2.24) is 0 Å². The summed E-state index contributed by atoms with van der Waals surface area (Å²) < 4.78 is 0. The van der Waals surface area contributed by atoms with Gasteiger partial charge in [-0.05, 0) is 31.4 Å². The van der Waals surface area contributed by atoms with Crippen LogP contribution in [-0.4, -0.2) is 22.2 Å². The molecule has 5 heteroatoms. The number of rotatable bonds is 4. The zero-order valence-electron chi connectivity index (χ0n) is 11.9. The van der Waals surface area contributed by atoms with E-state index in [9.17, 15) is 15.2 Å². The highest BCUT2D eigenvalue weighted by atomic mass is 16.6. The number of nitrogens with zero attached hydrogens (tertiary/aromatic N) is 1. The third-order valence-corrected chi connectivity index (χ3v) is 3.99. The van der Waals surface area contributed by atoms with Crippen LogP contribution < -0.4 is 5.32 Å². The second-order valence-electron chi connectivity index (χ2n) is 5.77. The highest BCUT2D eigenvalue weighted by Gasteiger charge is 2.28. The molecule has 0 aromatic heterocycles. The van der Waals surface area contributed by atoms with Gasteiger partial charge < -0.3 is 10.4 Å². The van der Waals surface area contributed by atoms with Gasteiger partial charge in [0.05, 0.1) is 10.5 Å². The van der Waals surface area contributed by atoms with Gasteiger partial charge in [-0.25, -0.2) is 0 Å². The van der Waals surface area contributed by atoms with E-state index in [1.165, 1.54) is 0 Å². The van der Waals surface area contributed by atoms with Crippen LogP contribution in [0.1, 0.15) is 44.1 Å². The first kappa shape index (κ1) is 14.8. The predicted molar refractivity (Wildman–Crippen MR) is 79.0 cm³/mol. The standard InChI is InChI=1S/C15H22N2O3/c1-12-6-7-13(14(10-12)17(19)20)16-11-15(18)8-4-2-3-5-9-15/h6-7,10,16,18H,2-5,8-9,11H2,1H3. The van der Waals surface area contributed by atoms with Crippen LogP contribution in [0.5, 0.6) is 0 Å². The largest absolute Gasteiger partial charge is 0.388 e. The van der Waals surface area contributed by atoms with E-state index in [1.54, 1.807) is 12.1 Å². The Hall–Kier alpha value is -1.62. The molecular formula is C15H22N2O3. The van der Waals surface area contributed by atoms with Crippen LogP contribution in [0.3, 0.4) is 0 Å². The number of aliphatic hydroxyl groups is 1. The summed E-state index contributed by atoms with van der Waals surface area (Å²) in [5.74, 6) is 0. The molecule has 2 N–H and O–H groups in total. The molecule has 1 saturated carbocycles. The normalized spacial score (nSPS) is 18.3. The molecule has 0 radical (unpaired) electrons. The number of aryl methyl sites for hydroxylation is 1. The maximum absolute atomic E-state index is 11.1. The molecule has 110 valence electrons. The zero-order valence-corrected chi connectivity index (χ0v) is 11.9. The van der Waals surface area contributed by atoms with Crippen molar-refractivity contribution in [3.63, 3.8) is 0 Å². The highest BCUT2D eigenvalue weighted by Crippen LogP contribution is 2.30. The fourth-order valence-electron chi connectivity index (χ4n) is 2.77. The summed E-state index contributed by atoms with van der Waals surface area (Å²) in [6.07, 6.45) is 5.89. The number of nitro benzene ring substituents is 1. The molecule has 0 bridgehead atoms. The van der Waals surface area contributed by atoms with Crippen LogP contribution in [0.2, 0.25) is 0 Å². The van der Waals surface area contributed by atoms with Gasteiger partial charge in [-0.3, -0.25) is 10.1 Å². The average molecular weight is 278 g/mol. The monoisotopic (exact) mass is 278 g/mol. The second kappa shape index (κ2) is 6.22. The first-order chi connectivity index (χ1) is 9.50. The van der Waals surface area contributed by atoms with Gasteiger partial charge in [-0.15, -0.1) is 0 Å². The van der Waals surface area contributed by atoms with E-state index in [0.717, 1.165) is 44.1 Å². The number of benzene rings is 1. The molecular weight excluding hydrogens is 256 g/mol. The topological polar surface area (TPSA) is 75.4 Å². The van der Waals surface area contributed by atoms with E-state index >= 15 is 0 Å². The van der Waals surface area contributed by atoms with Gasteiger partial charge in [0, 0.05) is 12.6 Å². The van der Waals surface area contributed by atoms with Crippen molar-refractivity contribution in [2.75, 3.05) is 11.9 Å². The molecule has 0 spiro atoms. The van der Waals surface area contributed by atoms with E-state index in [4.69, 9.17) is 0 Å². The smallest absolute Gasteiger partial charge is 0.292 e. The molecule has 0 heterocycles. The Morgan fingerprint density at radius 2 is 1.95 bits per heavy atom. The molecule has 1 aliphatic carbocycles. The van der Waals surface area contributed by atoms with Crippen LogP contribution in [0.4, 0.5) is 11.4 Å². The molecule has 0 unspecified atom stereocenters. The van der Waals surface area contributed by atoms with E-state index in [0.29, 0.717) is 12.2 Å². The van der Waals surface area contributed by atoms with Gasteiger partial charge in [0.2, 0.25) is 0 Å². The fraction of sp³-hybridized carbons (Fsp3) is 0.600. The lowest BCUT2D eigenvalue weighted by Gasteiger charge is -2.27. The minimum atomic E-state index is -0.741. The van der Waals surface area contributed by atoms with Gasteiger partial charge in [0.1, 0.15) is 5.69 Å². The van der Waals surface area contributed by atoms with Crippen LogP contribution in [0.25, 0.3) is 0 Å². The maximum Gasteiger partial charge on any atom is 0.292 e. The predicted octanol–water partition coefficient (Wildman–Crippen LogP) is 3.40. The highest BCUT2D eigenvalue weighted by molar-refractivity contribution is 5.62. The molecule has 20 heavy (non-hydrogen) atoms. The minimum absolute atomic E-state index is 0.0715. The summed E-state index contributed by atoms with van der Waals surface area (Å²) in [6, 6.07) is 5.11. The summed E-state index contributed by atoms with van der Waals surface area (Å²) in [5.41, 5.74) is 0.672. The van der Waals surface area contributed by atoms with Crippen LogP contribution >= 0.6 is 0 Å². The molecule has 1 aliphatic rings. The summed E-state index contributed by atoms with van der Waals surface area (Å²) in [7, 11) is 0. The Kier molecular flexibility index (Phi) is 4.60. The lowest BCUT2D eigenvalue weighted by molar-refractivity contribution is -0.384. The SMILES string of the molecule is Cc1ccc(NCC2(O)CCCCCC2)c([N+](=O)[O-])c1. The molecule has 0 amide bonds. The van der Waals surface area contributed by atoms with Crippen molar-refractivity contribution in [2.45, 2.75) is 51.0 Å². The average Bonchev–Trinajstić information content (AvgIpc) is 2.62. The van der Waals surface area contributed by atoms with Crippen LogP contribution in [-0.2, 0) is 0 Å². The molecule has 0 atom stereocenters. The lowest BCUT2D eigenvalue weighted by Crippen LogP contribution is -2.36. The van der Waals surface area contributed by atoms with Crippen molar-refractivity contribution in [3.8, 4) is 0 Å². The number of nitrogens with one attached hydrogen (secondary N) is 1. The van der Waals surface area contributed by atoms with Gasteiger partial charge >= 0.3 is 0 Å². The van der Waals surface area contributed by atoms with Gasteiger partial charge in [0.25, 0.3) is 5.69 Å². The minimum Gasteiger partial charge on any atom is -0.388 e. The van der Waals surface area contributed by atoms with Crippen molar-refractivity contribution >= 4 is 11.4 Å². The summed E-state index contributed by atoms with van der Waals surface area (Å²) in [4.78, 5) is 10.7. The third kappa shape index (κ3) is 3.70. The Balaban J connectivity index is 2.08. The number of hydrogen-bond acceptors (Lipinski definition) is 4. The Morgan fingerprint density at radius 1 is 1.30 bits per heavy atom. The summed E-state index contributed by atoms with van der Waals surface area (Å²) >= 11 is 0. The zero-order chi connectivity index (χ0) is 14.6. The quantitative estimate of drug-likeness (QED) is 0.503. The Bertz CT molecular complexity index is 480. The molecule has 5 nitrogen and oxygen atoms in total. The van der Waals surface area contributed by atoms with Gasteiger partial charge in [-0.1, -0.05) is 31.7 Å². The van der Waals surface area contributed by atoms with E-state index < -0.39 is 5.60 Å². The maximum atomic E-state index is 11.1. The number of hydrogen-bond donors (Lipinski definition) is 2. The van der Waals surface area contributed by atoms with Crippen molar-refractivity contribution in [3.05, 3.63) is 33.9 Å².